The number of carbonyl (C=O) groups excluding carboxylic acids is 1. The number of fused-ring (bicyclic) bond motifs is 1. The maximum atomic E-state index is 12.1. The molecule has 5 heteroatoms. The SMILES string of the molecule is Cc1ccccc1CCNC(=O)CN(C)Cc1ccc2c(c1)OCO2. The van der Waals surface area contributed by atoms with Crippen LogP contribution in [0.25, 0.3) is 0 Å². The predicted octanol–water partition coefficient (Wildman–Crippen LogP) is 2.51. The third-order valence-corrected chi connectivity index (χ3v) is 4.28. The maximum Gasteiger partial charge on any atom is 0.234 e. The van der Waals surface area contributed by atoms with Crippen LogP contribution in [-0.4, -0.2) is 37.7 Å². The van der Waals surface area contributed by atoms with E-state index in [1.807, 2.05) is 42.3 Å². The number of ether oxygens (including phenoxy) is 2. The highest BCUT2D eigenvalue weighted by Gasteiger charge is 2.14. The molecule has 1 N–H and O–H groups in total. The third kappa shape index (κ3) is 4.73. The molecule has 25 heavy (non-hydrogen) atoms. The topological polar surface area (TPSA) is 50.8 Å². The molecule has 0 saturated heterocycles. The summed E-state index contributed by atoms with van der Waals surface area (Å²) >= 11 is 0. The molecule has 1 amide bonds. The van der Waals surface area contributed by atoms with Gasteiger partial charge < -0.3 is 14.8 Å². The number of amides is 1. The van der Waals surface area contributed by atoms with Crippen LogP contribution in [0.5, 0.6) is 11.5 Å². The average Bonchev–Trinajstić information content (AvgIpc) is 3.04. The highest BCUT2D eigenvalue weighted by molar-refractivity contribution is 5.78. The largest absolute Gasteiger partial charge is 0.454 e. The van der Waals surface area contributed by atoms with E-state index >= 15 is 0 Å². The number of hydrogen-bond donors (Lipinski definition) is 1. The standard InChI is InChI=1S/C20H24N2O3/c1-15-5-3-4-6-17(15)9-10-21-20(23)13-22(2)12-16-7-8-18-19(11-16)25-14-24-18/h3-8,11H,9-10,12-14H2,1-2H3,(H,21,23). The summed E-state index contributed by atoms with van der Waals surface area (Å²) in [7, 11) is 1.94. The van der Waals surface area contributed by atoms with Gasteiger partial charge in [0.15, 0.2) is 11.5 Å². The third-order valence-electron chi connectivity index (χ3n) is 4.28. The predicted molar refractivity (Wildman–Crippen MR) is 96.8 cm³/mol. The van der Waals surface area contributed by atoms with E-state index < -0.39 is 0 Å². The molecule has 2 aromatic carbocycles. The van der Waals surface area contributed by atoms with E-state index in [1.54, 1.807) is 0 Å². The summed E-state index contributed by atoms with van der Waals surface area (Å²) in [4.78, 5) is 14.1. The van der Waals surface area contributed by atoms with Crippen LogP contribution in [0.3, 0.4) is 0 Å². The maximum absolute atomic E-state index is 12.1. The number of nitrogens with one attached hydrogen (secondary N) is 1. The van der Waals surface area contributed by atoms with Crippen molar-refractivity contribution in [2.24, 2.45) is 0 Å². The van der Waals surface area contributed by atoms with E-state index in [9.17, 15) is 4.79 Å². The number of aryl methyl sites for hydroxylation is 1. The van der Waals surface area contributed by atoms with Crippen molar-refractivity contribution in [1.82, 2.24) is 10.2 Å². The fraction of sp³-hybridized carbons (Fsp3) is 0.350. The van der Waals surface area contributed by atoms with Gasteiger partial charge in [0.05, 0.1) is 6.54 Å². The first-order chi connectivity index (χ1) is 12.1. The Morgan fingerprint density at radius 3 is 2.80 bits per heavy atom. The van der Waals surface area contributed by atoms with E-state index in [-0.39, 0.29) is 12.7 Å². The first-order valence-electron chi connectivity index (χ1n) is 8.50. The number of rotatable bonds is 7. The van der Waals surface area contributed by atoms with E-state index in [1.165, 1.54) is 11.1 Å². The van der Waals surface area contributed by atoms with Crippen molar-refractivity contribution in [1.29, 1.82) is 0 Å². The molecule has 0 radical (unpaired) electrons. The van der Waals surface area contributed by atoms with Crippen molar-refractivity contribution < 1.29 is 14.3 Å². The fourth-order valence-electron chi connectivity index (χ4n) is 2.94. The van der Waals surface area contributed by atoms with Gasteiger partial charge >= 0.3 is 0 Å². The van der Waals surface area contributed by atoms with Gasteiger partial charge in [-0.2, -0.15) is 0 Å². The molecular formula is C20H24N2O3. The molecule has 0 aromatic heterocycles. The van der Waals surface area contributed by atoms with Crippen molar-refractivity contribution >= 4 is 5.91 Å². The molecule has 2 aromatic rings. The lowest BCUT2D eigenvalue weighted by Crippen LogP contribution is -2.35. The smallest absolute Gasteiger partial charge is 0.234 e. The van der Waals surface area contributed by atoms with E-state index in [2.05, 4.69) is 24.4 Å². The van der Waals surface area contributed by atoms with Gasteiger partial charge in [-0.25, -0.2) is 0 Å². The van der Waals surface area contributed by atoms with Crippen LogP contribution in [0.15, 0.2) is 42.5 Å². The molecule has 1 aliphatic heterocycles. The minimum Gasteiger partial charge on any atom is -0.454 e. The van der Waals surface area contributed by atoms with Gasteiger partial charge in [-0.1, -0.05) is 30.3 Å². The molecule has 0 aliphatic carbocycles. The molecule has 0 unspecified atom stereocenters. The number of benzene rings is 2. The van der Waals surface area contributed by atoms with Crippen molar-refractivity contribution in [3.8, 4) is 11.5 Å². The Morgan fingerprint density at radius 1 is 1.16 bits per heavy atom. The summed E-state index contributed by atoms with van der Waals surface area (Å²) in [6.45, 7) is 4.07. The number of hydrogen-bond acceptors (Lipinski definition) is 4. The molecule has 1 aliphatic rings. The molecule has 1 heterocycles. The lowest BCUT2D eigenvalue weighted by atomic mass is 10.1. The van der Waals surface area contributed by atoms with Crippen LogP contribution < -0.4 is 14.8 Å². The molecule has 0 bridgehead atoms. The van der Waals surface area contributed by atoms with Gasteiger partial charge in [-0.05, 0) is 49.2 Å². The minimum absolute atomic E-state index is 0.0387. The normalized spacial score (nSPS) is 12.4. The van der Waals surface area contributed by atoms with Gasteiger partial charge in [0, 0.05) is 13.1 Å². The molecule has 0 fully saturated rings. The minimum atomic E-state index is 0.0387. The second-order valence-corrected chi connectivity index (χ2v) is 6.39. The van der Waals surface area contributed by atoms with Gasteiger partial charge in [0.1, 0.15) is 0 Å². The monoisotopic (exact) mass is 340 g/mol. The molecule has 0 spiro atoms. The zero-order valence-electron chi connectivity index (χ0n) is 14.7. The Balaban J connectivity index is 1.42. The van der Waals surface area contributed by atoms with Crippen LogP contribution in [-0.2, 0) is 17.8 Å². The number of likely N-dealkylation sites (N-methyl/N-ethyl adjacent to an activating group) is 1. The second-order valence-electron chi connectivity index (χ2n) is 6.39. The lowest BCUT2D eigenvalue weighted by molar-refractivity contribution is -0.122. The van der Waals surface area contributed by atoms with E-state index in [0.29, 0.717) is 19.6 Å². The van der Waals surface area contributed by atoms with Gasteiger partial charge in [0.2, 0.25) is 12.7 Å². The highest BCUT2D eigenvalue weighted by Crippen LogP contribution is 2.32. The zero-order chi connectivity index (χ0) is 17.6. The van der Waals surface area contributed by atoms with E-state index in [4.69, 9.17) is 9.47 Å². The molecule has 0 saturated carbocycles. The quantitative estimate of drug-likeness (QED) is 0.841. The Hall–Kier alpha value is -2.53. The van der Waals surface area contributed by atoms with Crippen molar-refractivity contribution in [2.45, 2.75) is 19.9 Å². The molecule has 132 valence electrons. The Labute approximate surface area is 148 Å². The van der Waals surface area contributed by atoms with Crippen molar-refractivity contribution in [3.63, 3.8) is 0 Å². The number of nitrogens with zero attached hydrogens (tertiary/aromatic N) is 1. The summed E-state index contributed by atoms with van der Waals surface area (Å²) in [5.74, 6) is 1.59. The summed E-state index contributed by atoms with van der Waals surface area (Å²) in [6.07, 6.45) is 0.851. The van der Waals surface area contributed by atoms with Crippen LogP contribution in [0.2, 0.25) is 0 Å². The zero-order valence-corrected chi connectivity index (χ0v) is 14.7. The Bertz CT molecular complexity index is 745. The lowest BCUT2D eigenvalue weighted by Gasteiger charge is -2.16. The van der Waals surface area contributed by atoms with Gasteiger partial charge in [-0.3, -0.25) is 9.69 Å². The molecule has 0 atom stereocenters. The average molecular weight is 340 g/mol. The molecular weight excluding hydrogens is 316 g/mol. The fourth-order valence-corrected chi connectivity index (χ4v) is 2.94. The van der Waals surface area contributed by atoms with Gasteiger partial charge in [0.25, 0.3) is 0 Å². The van der Waals surface area contributed by atoms with Crippen LogP contribution in [0.1, 0.15) is 16.7 Å². The van der Waals surface area contributed by atoms with Crippen molar-refractivity contribution in [2.75, 3.05) is 26.9 Å². The van der Waals surface area contributed by atoms with Crippen molar-refractivity contribution in [3.05, 3.63) is 59.2 Å². The summed E-state index contributed by atoms with van der Waals surface area (Å²) in [5.41, 5.74) is 3.63. The first kappa shape index (κ1) is 17.3. The van der Waals surface area contributed by atoms with Crippen LogP contribution in [0, 0.1) is 6.92 Å². The summed E-state index contributed by atoms with van der Waals surface area (Å²) in [6, 6.07) is 14.1. The Morgan fingerprint density at radius 2 is 1.96 bits per heavy atom. The molecule has 5 nitrogen and oxygen atoms in total. The van der Waals surface area contributed by atoms with Gasteiger partial charge in [-0.15, -0.1) is 0 Å². The Kier molecular flexibility index (Phi) is 5.56. The van der Waals surface area contributed by atoms with Crippen LogP contribution >= 0.6 is 0 Å². The van der Waals surface area contributed by atoms with Crippen LogP contribution in [0.4, 0.5) is 0 Å². The first-order valence-corrected chi connectivity index (χ1v) is 8.50. The van der Waals surface area contributed by atoms with E-state index in [0.717, 1.165) is 23.5 Å². The summed E-state index contributed by atoms with van der Waals surface area (Å²) in [5, 5.41) is 2.99. The summed E-state index contributed by atoms with van der Waals surface area (Å²) < 4.78 is 10.7. The second kappa shape index (κ2) is 8.03. The number of carbonyl (C=O) groups is 1. The highest BCUT2D eigenvalue weighted by atomic mass is 16.7. The molecule has 3 rings (SSSR count).